The number of carbonyl (C=O) groups is 1. The van der Waals surface area contributed by atoms with E-state index in [4.69, 9.17) is 14.2 Å². The molecule has 0 aliphatic carbocycles. The summed E-state index contributed by atoms with van der Waals surface area (Å²) in [6.45, 7) is 6.07. The topological polar surface area (TPSA) is 66.5 Å². The molecular weight excluding hydrogens is 428 g/mol. The summed E-state index contributed by atoms with van der Waals surface area (Å²) in [6, 6.07) is 11.9. The van der Waals surface area contributed by atoms with Gasteiger partial charge >= 0.3 is 6.03 Å². The smallest absolute Gasteiger partial charge is 0.332 e. The third kappa shape index (κ3) is 4.40. The van der Waals surface area contributed by atoms with Crippen LogP contribution in [-0.2, 0) is 0 Å². The predicted molar refractivity (Wildman–Crippen MR) is 125 cm³/mol. The van der Waals surface area contributed by atoms with Crippen LogP contribution in [0, 0.1) is 0 Å². The van der Waals surface area contributed by atoms with Crippen LogP contribution in [0.5, 0.6) is 17.2 Å². The molecule has 2 amide bonds. The van der Waals surface area contributed by atoms with Gasteiger partial charge in [0.2, 0.25) is 6.79 Å². The highest BCUT2D eigenvalue weighted by Crippen LogP contribution is 2.44. The minimum absolute atomic E-state index is 0.0770. The van der Waals surface area contributed by atoms with Crippen LogP contribution in [0.15, 0.2) is 41.3 Å². The summed E-state index contributed by atoms with van der Waals surface area (Å²) in [5.41, 5.74) is 1.96. The minimum atomic E-state index is -0.0770. The van der Waals surface area contributed by atoms with Crippen molar-refractivity contribution in [1.29, 1.82) is 0 Å². The number of para-hydroxylation sites is 2. The molecule has 170 valence electrons. The van der Waals surface area contributed by atoms with Gasteiger partial charge in [-0.05, 0) is 43.5 Å². The average Bonchev–Trinajstić information content (AvgIpc) is 3.28. The quantitative estimate of drug-likeness (QED) is 0.501. The molecule has 3 aliphatic heterocycles. The van der Waals surface area contributed by atoms with Gasteiger partial charge in [-0.25, -0.2) is 4.79 Å². The van der Waals surface area contributed by atoms with E-state index in [1.165, 1.54) is 17.6 Å². The second kappa shape index (κ2) is 9.38. The number of hydrogen-bond donors (Lipinski definition) is 1. The Morgan fingerprint density at radius 3 is 2.59 bits per heavy atom. The zero-order chi connectivity index (χ0) is 21.9. The molecule has 1 fully saturated rings. The van der Waals surface area contributed by atoms with E-state index in [0.29, 0.717) is 12.3 Å². The lowest BCUT2D eigenvalue weighted by Crippen LogP contribution is -2.46. The largest absolute Gasteiger partial charge is 0.495 e. The van der Waals surface area contributed by atoms with Crippen molar-refractivity contribution in [3.8, 4) is 17.2 Å². The minimum Gasteiger partial charge on any atom is -0.495 e. The van der Waals surface area contributed by atoms with E-state index in [1.54, 1.807) is 11.4 Å². The van der Waals surface area contributed by atoms with Gasteiger partial charge in [-0.15, -0.1) is 0 Å². The van der Waals surface area contributed by atoms with Crippen LogP contribution in [-0.4, -0.2) is 68.4 Å². The molecule has 5 rings (SSSR count). The number of unbranched alkanes of at least 4 members (excludes halogenated alkanes) is 1. The summed E-state index contributed by atoms with van der Waals surface area (Å²) in [7, 11) is 1.73. The van der Waals surface area contributed by atoms with Gasteiger partial charge in [0.05, 0.1) is 23.4 Å². The van der Waals surface area contributed by atoms with Gasteiger partial charge in [0.25, 0.3) is 0 Å². The molecule has 0 radical (unpaired) electrons. The lowest BCUT2D eigenvalue weighted by atomic mass is 10.2. The van der Waals surface area contributed by atoms with E-state index in [9.17, 15) is 4.79 Å². The van der Waals surface area contributed by atoms with Crippen molar-refractivity contribution < 1.29 is 19.0 Å². The number of rotatable bonds is 7. The highest BCUT2D eigenvalue weighted by atomic mass is 32.2. The monoisotopic (exact) mass is 456 g/mol. The Morgan fingerprint density at radius 2 is 1.78 bits per heavy atom. The van der Waals surface area contributed by atoms with Crippen molar-refractivity contribution in [2.24, 2.45) is 0 Å². The lowest BCUT2D eigenvalue weighted by molar-refractivity contribution is 0.174. The lowest BCUT2D eigenvalue weighted by Gasteiger charge is -2.36. The highest BCUT2D eigenvalue weighted by Gasteiger charge is 2.27. The van der Waals surface area contributed by atoms with Crippen LogP contribution in [0.3, 0.4) is 0 Å². The predicted octanol–water partition coefficient (Wildman–Crippen LogP) is 3.88. The second-order valence-electron chi connectivity index (χ2n) is 8.03. The van der Waals surface area contributed by atoms with Crippen molar-refractivity contribution in [3.05, 3.63) is 36.4 Å². The Balaban J connectivity index is 1.06. The Kier molecular flexibility index (Phi) is 6.18. The molecule has 0 bridgehead atoms. The first-order valence-electron chi connectivity index (χ1n) is 11.0. The van der Waals surface area contributed by atoms with Crippen LogP contribution < -0.4 is 24.4 Å². The molecule has 0 saturated carbocycles. The Hall–Kier alpha value is -2.78. The molecule has 9 heteroatoms. The van der Waals surface area contributed by atoms with Gasteiger partial charge in [-0.1, -0.05) is 12.1 Å². The standard InChI is InChI=1S/C23H28N4O4S/c1-29-19-7-3-2-6-18(19)26-12-10-25(11-13-26)8-4-5-9-27-23(28)24-17-14-20-21(31-16-30-20)15-22(17)32-27/h2-3,6-7,14-15H,4-5,8-13,16H2,1H3,(H,24,28). The molecule has 3 aliphatic rings. The second-order valence-corrected chi connectivity index (χ2v) is 9.10. The third-order valence-electron chi connectivity index (χ3n) is 6.04. The highest BCUT2D eigenvalue weighted by molar-refractivity contribution is 7.97. The zero-order valence-electron chi connectivity index (χ0n) is 18.2. The van der Waals surface area contributed by atoms with Crippen LogP contribution in [0.2, 0.25) is 0 Å². The van der Waals surface area contributed by atoms with Gasteiger partial charge in [0.15, 0.2) is 11.5 Å². The zero-order valence-corrected chi connectivity index (χ0v) is 19.0. The summed E-state index contributed by atoms with van der Waals surface area (Å²) in [4.78, 5) is 18.4. The number of ether oxygens (including phenoxy) is 3. The fourth-order valence-corrected chi connectivity index (χ4v) is 5.23. The van der Waals surface area contributed by atoms with E-state index in [-0.39, 0.29) is 12.8 Å². The van der Waals surface area contributed by atoms with Gasteiger partial charge in [0, 0.05) is 44.9 Å². The van der Waals surface area contributed by atoms with E-state index >= 15 is 0 Å². The molecule has 32 heavy (non-hydrogen) atoms. The maximum Gasteiger partial charge on any atom is 0.332 e. The van der Waals surface area contributed by atoms with Crippen molar-refractivity contribution in [2.75, 3.05) is 63.4 Å². The number of hydrogen-bond acceptors (Lipinski definition) is 7. The molecular formula is C23H28N4O4S. The van der Waals surface area contributed by atoms with Crippen molar-refractivity contribution in [2.45, 2.75) is 17.7 Å². The number of amides is 2. The average molecular weight is 457 g/mol. The number of piperazine rings is 1. The van der Waals surface area contributed by atoms with Crippen LogP contribution in [0.25, 0.3) is 0 Å². The number of urea groups is 1. The molecule has 3 heterocycles. The first-order chi connectivity index (χ1) is 15.7. The number of anilines is 2. The van der Waals surface area contributed by atoms with Gasteiger partial charge in [-0.2, -0.15) is 0 Å². The Morgan fingerprint density at radius 1 is 1.03 bits per heavy atom. The van der Waals surface area contributed by atoms with Crippen molar-refractivity contribution in [3.63, 3.8) is 0 Å². The maximum absolute atomic E-state index is 12.5. The molecule has 2 aromatic rings. The molecule has 0 aromatic heterocycles. The summed E-state index contributed by atoms with van der Waals surface area (Å²) < 4.78 is 18.2. The number of methoxy groups -OCH3 is 1. The normalized spacial score (nSPS) is 17.8. The first-order valence-corrected chi connectivity index (χ1v) is 11.8. The molecule has 0 unspecified atom stereocenters. The van der Waals surface area contributed by atoms with E-state index in [0.717, 1.165) is 67.6 Å². The van der Waals surface area contributed by atoms with Gasteiger partial charge in [0.1, 0.15) is 5.75 Å². The maximum atomic E-state index is 12.5. The first kappa shape index (κ1) is 21.1. The summed E-state index contributed by atoms with van der Waals surface area (Å²) in [6.07, 6.45) is 2.03. The van der Waals surface area contributed by atoms with E-state index < -0.39 is 0 Å². The van der Waals surface area contributed by atoms with Crippen LogP contribution >= 0.6 is 11.9 Å². The van der Waals surface area contributed by atoms with Crippen molar-refractivity contribution in [1.82, 2.24) is 9.21 Å². The van der Waals surface area contributed by atoms with E-state index in [1.807, 2.05) is 24.3 Å². The summed E-state index contributed by atoms with van der Waals surface area (Å²) in [5, 5.41) is 2.96. The number of nitrogens with one attached hydrogen (secondary N) is 1. The number of nitrogens with zero attached hydrogens (tertiary/aromatic N) is 3. The van der Waals surface area contributed by atoms with E-state index in [2.05, 4.69) is 27.2 Å². The Bertz CT molecular complexity index is 980. The fourth-order valence-electron chi connectivity index (χ4n) is 4.28. The van der Waals surface area contributed by atoms with Crippen LogP contribution in [0.4, 0.5) is 16.2 Å². The van der Waals surface area contributed by atoms with Gasteiger partial charge < -0.3 is 24.4 Å². The fraction of sp³-hybridized carbons (Fsp3) is 0.435. The molecule has 0 spiro atoms. The number of carbonyl (C=O) groups excluding carboxylic acids is 1. The molecule has 1 N–H and O–H groups in total. The summed E-state index contributed by atoms with van der Waals surface area (Å²) >= 11 is 1.47. The summed E-state index contributed by atoms with van der Waals surface area (Å²) in [5.74, 6) is 2.35. The molecule has 1 saturated heterocycles. The number of fused-ring (bicyclic) bond motifs is 2. The van der Waals surface area contributed by atoms with Crippen LogP contribution in [0.1, 0.15) is 12.8 Å². The van der Waals surface area contributed by atoms with Gasteiger partial charge in [-0.3, -0.25) is 9.21 Å². The van der Waals surface area contributed by atoms with Crippen molar-refractivity contribution >= 4 is 29.4 Å². The molecule has 8 nitrogen and oxygen atoms in total. The SMILES string of the molecule is COc1ccccc1N1CCN(CCCCN2Sc3cc4c(cc3NC2=O)OCO4)CC1. The number of benzene rings is 2. The third-order valence-corrected chi connectivity index (χ3v) is 7.14. The molecule has 2 aromatic carbocycles. The Labute approximate surface area is 192 Å². The molecule has 0 atom stereocenters.